The predicted molar refractivity (Wildman–Crippen MR) is 99.9 cm³/mol. The van der Waals surface area contributed by atoms with Gasteiger partial charge in [0, 0.05) is 5.92 Å². The molecule has 138 valence electrons. The molecular formula is C20H19N3O4. The Kier molecular flexibility index (Phi) is 4.76. The molecule has 0 unspecified atom stereocenters. The molecule has 7 nitrogen and oxygen atoms in total. The van der Waals surface area contributed by atoms with Crippen LogP contribution in [0.15, 0.2) is 54.7 Å². The lowest BCUT2D eigenvalue weighted by atomic mass is 9.98. The summed E-state index contributed by atoms with van der Waals surface area (Å²) in [4.78, 5) is 12.2. The average Bonchev–Trinajstić information content (AvgIpc) is 3.27. The number of ether oxygens (including phenoxy) is 2. The second-order valence-electron chi connectivity index (χ2n) is 6.13. The smallest absolute Gasteiger partial charge is 0.412 e. The largest absolute Gasteiger partial charge is 0.486 e. The number of nitrogens with zero attached hydrogens (tertiary/aromatic N) is 1. The SMILES string of the molecule is O=C(Nc1[nH]ncc1OCCO)OCC1c2ccccc2-c2ccccc21. The topological polar surface area (TPSA) is 96.5 Å². The van der Waals surface area contributed by atoms with Crippen LogP contribution in [-0.2, 0) is 4.74 Å². The van der Waals surface area contributed by atoms with Crippen LogP contribution in [0.1, 0.15) is 17.0 Å². The Hall–Kier alpha value is -3.32. The highest BCUT2D eigenvalue weighted by atomic mass is 16.5. The van der Waals surface area contributed by atoms with Crippen LogP contribution in [0.2, 0.25) is 0 Å². The van der Waals surface area contributed by atoms with Gasteiger partial charge in [-0.2, -0.15) is 5.10 Å². The maximum atomic E-state index is 12.2. The molecule has 7 heteroatoms. The number of amides is 1. The lowest BCUT2D eigenvalue weighted by Gasteiger charge is -2.14. The summed E-state index contributed by atoms with van der Waals surface area (Å²) in [5.41, 5.74) is 4.66. The molecule has 1 aliphatic rings. The number of H-pyrrole nitrogens is 1. The zero-order valence-corrected chi connectivity index (χ0v) is 14.5. The van der Waals surface area contributed by atoms with Crippen molar-refractivity contribution in [3.05, 3.63) is 65.9 Å². The molecule has 1 heterocycles. The van der Waals surface area contributed by atoms with E-state index in [1.807, 2.05) is 24.3 Å². The third kappa shape index (κ3) is 3.37. The summed E-state index contributed by atoms with van der Waals surface area (Å²) in [6.45, 7) is 0.204. The van der Waals surface area contributed by atoms with E-state index in [2.05, 4.69) is 39.8 Å². The summed E-state index contributed by atoms with van der Waals surface area (Å²) in [6.07, 6.45) is 0.823. The second-order valence-corrected chi connectivity index (χ2v) is 6.13. The zero-order chi connectivity index (χ0) is 18.6. The number of aliphatic hydroxyl groups is 1. The maximum Gasteiger partial charge on any atom is 0.412 e. The standard InChI is InChI=1S/C20H19N3O4/c24-9-10-26-18-11-21-23-19(18)22-20(25)27-12-17-15-7-3-1-5-13(15)14-6-2-4-8-16(14)17/h1-8,11,17,24H,9-10,12H2,(H2,21,22,23,25). The Morgan fingerprint density at radius 3 is 2.44 bits per heavy atom. The molecule has 0 fully saturated rings. The maximum absolute atomic E-state index is 12.2. The Labute approximate surface area is 155 Å². The van der Waals surface area contributed by atoms with Crippen molar-refractivity contribution >= 4 is 11.9 Å². The van der Waals surface area contributed by atoms with Gasteiger partial charge in [0.2, 0.25) is 0 Å². The first kappa shape index (κ1) is 17.1. The highest BCUT2D eigenvalue weighted by Gasteiger charge is 2.29. The summed E-state index contributed by atoms with van der Waals surface area (Å²) < 4.78 is 10.8. The second kappa shape index (κ2) is 7.51. The van der Waals surface area contributed by atoms with Crippen molar-refractivity contribution in [2.45, 2.75) is 5.92 Å². The minimum Gasteiger partial charge on any atom is -0.486 e. The van der Waals surface area contributed by atoms with E-state index in [0.717, 1.165) is 11.1 Å². The number of carbonyl (C=O) groups is 1. The average molecular weight is 365 g/mol. The molecule has 27 heavy (non-hydrogen) atoms. The molecule has 0 saturated carbocycles. The summed E-state index contributed by atoms with van der Waals surface area (Å²) in [5.74, 6) is 0.633. The number of carbonyl (C=O) groups excluding carboxylic acids is 1. The third-order valence-corrected chi connectivity index (χ3v) is 4.52. The Bertz CT molecular complexity index is 908. The first-order chi connectivity index (χ1) is 13.3. The number of hydrogen-bond donors (Lipinski definition) is 3. The summed E-state index contributed by atoms with van der Waals surface area (Å²) in [5, 5.41) is 17.9. The van der Waals surface area contributed by atoms with Gasteiger partial charge >= 0.3 is 6.09 Å². The van der Waals surface area contributed by atoms with Gasteiger partial charge < -0.3 is 14.6 Å². The molecule has 0 atom stereocenters. The summed E-state index contributed by atoms with van der Waals surface area (Å²) in [6, 6.07) is 16.3. The summed E-state index contributed by atoms with van der Waals surface area (Å²) >= 11 is 0. The van der Waals surface area contributed by atoms with Gasteiger partial charge in [-0.25, -0.2) is 4.79 Å². The molecule has 0 saturated heterocycles. The van der Waals surface area contributed by atoms with Crippen LogP contribution < -0.4 is 10.1 Å². The van der Waals surface area contributed by atoms with Gasteiger partial charge in [0.15, 0.2) is 11.6 Å². The van der Waals surface area contributed by atoms with E-state index in [-0.39, 0.29) is 25.7 Å². The van der Waals surface area contributed by atoms with Gasteiger partial charge in [-0.1, -0.05) is 48.5 Å². The minimum atomic E-state index is -0.602. The van der Waals surface area contributed by atoms with E-state index in [1.54, 1.807) is 0 Å². The third-order valence-electron chi connectivity index (χ3n) is 4.52. The molecule has 1 amide bonds. The number of hydrogen-bond acceptors (Lipinski definition) is 5. The number of aromatic nitrogens is 2. The lowest BCUT2D eigenvalue weighted by molar-refractivity contribution is 0.158. The van der Waals surface area contributed by atoms with Crippen LogP contribution >= 0.6 is 0 Å². The molecular weight excluding hydrogens is 346 g/mol. The van der Waals surface area contributed by atoms with Gasteiger partial charge in [0.1, 0.15) is 13.2 Å². The molecule has 1 aromatic heterocycles. The fourth-order valence-electron chi connectivity index (χ4n) is 3.37. The van der Waals surface area contributed by atoms with Crippen molar-refractivity contribution in [2.75, 3.05) is 25.1 Å². The number of aromatic amines is 1. The minimum absolute atomic E-state index is 0.00461. The number of nitrogens with one attached hydrogen (secondary N) is 2. The molecule has 2 aromatic carbocycles. The number of benzene rings is 2. The molecule has 0 radical (unpaired) electrons. The van der Waals surface area contributed by atoms with Gasteiger partial charge in [-0.05, 0) is 22.3 Å². The monoisotopic (exact) mass is 365 g/mol. The van der Waals surface area contributed by atoms with E-state index >= 15 is 0 Å². The van der Waals surface area contributed by atoms with E-state index in [0.29, 0.717) is 11.6 Å². The lowest BCUT2D eigenvalue weighted by Crippen LogP contribution is -2.18. The molecule has 0 spiro atoms. The molecule has 0 aliphatic heterocycles. The molecule has 0 bridgehead atoms. The van der Waals surface area contributed by atoms with Crippen LogP contribution in [-0.4, -0.2) is 41.2 Å². The van der Waals surface area contributed by atoms with Crippen molar-refractivity contribution in [1.29, 1.82) is 0 Å². The highest BCUT2D eigenvalue weighted by molar-refractivity contribution is 5.85. The van der Waals surface area contributed by atoms with Crippen LogP contribution in [0.5, 0.6) is 5.75 Å². The number of anilines is 1. The van der Waals surface area contributed by atoms with Gasteiger partial charge in [0.05, 0.1) is 12.8 Å². The highest BCUT2D eigenvalue weighted by Crippen LogP contribution is 2.44. The number of fused-ring (bicyclic) bond motifs is 3. The normalized spacial score (nSPS) is 12.3. The molecule has 3 aromatic rings. The van der Waals surface area contributed by atoms with E-state index in [9.17, 15) is 4.79 Å². The number of rotatable bonds is 6. The van der Waals surface area contributed by atoms with E-state index in [1.165, 1.54) is 17.3 Å². The van der Waals surface area contributed by atoms with E-state index < -0.39 is 6.09 Å². The fourth-order valence-corrected chi connectivity index (χ4v) is 3.37. The van der Waals surface area contributed by atoms with Crippen molar-refractivity contribution in [1.82, 2.24) is 10.2 Å². The Balaban J connectivity index is 1.45. The van der Waals surface area contributed by atoms with Crippen LogP contribution in [0.4, 0.5) is 10.6 Å². The first-order valence-corrected chi connectivity index (χ1v) is 8.67. The quantitative estimate of drug-likeness (QED) is 0.624. The van der Waals surface area contributed by atoms with Crippen molar-refractivity contribution in [3.63, 3.8) is 0 Å². The van der Waals surface area contributed by atoms with Crippen LogP contribution in [0.3, 0.4) is 0 Å². The zero-order valence-electron chi connectivity index (χ0n) is 14.5. The van der Waals surface area contributed by atoms with Crippen molar-refractivity contribution < 1.29 is 19.4 Å². The van der Waals surface area contributed by atoms with Crippen LogP contribution in [0.25, 0.3) is 11.1 Å². The van der Waals surface area contributed by atoms with Crippen molar-refractivity contribution in [2.24, 2.45) is 0 Å². The van der Waals surface area contributed by atoms with E-state index in [4.69, 9.17) is 14.6 Å². The molecule has 4 rings (SSSR count). The first-order valence-electron chi connectivity index (χ1n) is 8.67. The van der Waals surface area contributed by atoms with Crippen molar-refractivity contribution in [3.8, 4) is 16.9 Å². The molecule has 1 aliphatic carbocycles. The predicted octanol–water partition coefficient (Wildman–Crippen LogP) is 3.14. The Morgan fingerprint density at radius 1 is 1.11 bits per heavy atom. The fraction of sp³-hybridized carbons (Fsp3) is 0.200. The summed E-state index contributed by atoms with van der Waals surface area (Å²) in [7, 11) is 0. The molecule has 3 N–H and O–H groups in total. The van der Waals surface area contributed by atoms with Gasteiger partial charge in [-0.15, -0.1) is 0 Å². The Morgan fingerprint density at radius 2 is 1.78 bits per heavy atom. The van der Waals surface area contributed by atoms with Gasteiger partial charge in [0.25, 0.3) is 0 Å². The van der Waals surface area contributed by atoms with Gasteiger partial charge in [-0.3, -0.25) is 10.4 Å². The number of aliphatic hydroxyl groups excluding tert-OH is 1. The van der Waals surface area contributed by atoms with Crippen LogP contribution in [0, 0.1) is 0 Å².